The molecule has 0 aliphatic carbocycles. The molecule has 0 fully saturated rings. The van der Waals surface area contributed by atoms with E-state index < -0.39 is 10.9 Å². The molecule has 0 aliphatic rings. The van der Waals surface area contributed by atoms with Crippen molar-refractivity contribution in [2.75, 3.05) is 6.61 Å². The number of nitrogens with zero attached hydrogens (tertiary/aromatic N) is 4. The first-order chi connectivity index (χ1) is 9.60. The minimum atomic E-state index is -0.544. The van der Waals surface area contributed by atoms with Gasteiger partial charge in [0.2, 0.25) is 0 Å². The second-order valence-corrected chi connectivity index (χ2v) is 3.95. The zero-order chi connectivity index (χ0) is 14.5. The van der Waals surface area contributed by atoms with E-state index in [1.807, 2.05) is 0 Å². The number of hydrogen-bond acceptors (Lipinski definition) is 6. The number of ether oxygens (including phenoxy) is 1. The van der Waals surface area contributed by atoms with Crippen molar-refractivity contribution in [1.29, 1.82) is 0 Å². The lowest BCUT2D eigenvalue weighted by Crippen LogP contribution is -2.05. The minimum Gasteiger partial charge on any atom is -0.461 e. The van der Waals surface area contributed by atoms with Gasteiger partial charge in [0, 0.05) is 12.1 Å². The first kappa shape index (κ1) is 13.7. The molecule has 0 radical (unpaired) electrons. The van der Waals surface area contributed by atoms with Crippen molar-refractivity contribution in [3.63, 3.8) is 0 Å². The molecule has 0 saturated heterocycles. The molecular formula is C12H12N4O4. The molecule has 0 spiro atoms. The number of aromatic nitrogens is 3. The number of nitro benzene ring substituents is 1. The minimum absolute atomic E-state index is 0.00762. The summed E-state index contributed by atoms with van der Waals surface area (Å²) < 4.78 is 6.22. The Labute approximate surface area is 114 Å². The van der Waals surface area contributed by atoms with E-state index in [0.29, 0.717) is 5.56 Å². The third kappa shape index (κ3) is 3.16. The van der Waals surface area contributed by atoms with Gasteiger partial charge in [0.25, 0.3) is 5.69 Å². The van der Waals surface area contributed by atoms with E-state index in [1.54, 1.807) is 19.1 Å². The predicted molar refractivity (Wildman–Crippen MR) is 68.2 cm³/mol. The number of carbonyl (C=O) groups excluding carboxylic acids is 1. The van der Waals surface area contributed by atoms with Crippen LogP contribution in [-0.4, -0.2) is 32.5 Å². The van der Waals surface area contributed by atoms with Gasteiger partial charge in [0.15, 0.2) is 5.69 Å². The zero-order valence-corrected chi connectivity index (χ0v) is 10.7. The van der Waals surface area contributed by atoms with Gasteiger partial charge >= 0.3 is 5.97 Å². The van der Waals surface area contributed by atoms with Gasteiger partial charge in [-0.05, 0) is 12.5 Å². The van der Waals surface area contributed by atoms with Crippen molar-refractivity contribution in [3.05, 3.63) is 51.8 Å². The average Bonchev–Trinajstić information content (AvgIpc) is 2.88. The number of carbonyl (C=O) groups is 1. The normalized spacial score (nSPS) is 10.2. The van der Waals surface area contributed by atoms with E-state index in [9.17, 15) is 14.9 Å². The summed E-state index contributed by atoms with van der Waals surface area (Å²) >= 11 is 0. The van der Waals surface area contributed by atoms with E-state index in [0.717, 1.165) is 0 Å². The number of benzene rings is 1. The van der Waals surface area contributed by atoms with E-state index in [4.69, 9.17) is 4.74 Å². The van der Waals surface area contributed by atoms with Crippen LogP contribution in [0.4, 0.5) is 5.69 Å². The van der Waals surface area contributed by atoms with E-state index in [1.165, 1.54) is 23.0 Å². The predicted octanol–water partition coefficient (Wildman–Crippen LogP) is 1.41. The molecule has 20 heavy (non-hydrogen) atoms. The van der Waals surface area contributed by atoms with Gasteiger partial charge in [-0.2, -0.15) is 0 Å². The molecule has 0 amide bonds. The molecular weight excluding hydrogens is 264 g/mol. The van der Waals surface area contributed by atoms with Crippen LogP contribution in [0.5, 0.6) is 0 Å². The summed E-state index contributed by atoms with van der Waals surface area (Å²) in [5.41, 5.74) is 0.810. The molecule has 1 aromatic heterocycles. The van der Waals surface area contributed by atoms with Gasteiger partial charge in [-0.1, -0.05) is 17.3 Å². The number of esters is 1. The third-order valence-electron chi connectivity index (χ3n) is 2.49. The second-order valence-electron chi connectivity index (χ2n) is 3.95. The van der Waals surface area contributed by atoms with E-state index in [-0.39, 0.29) is 24.5 Å². The number of rotatable bonds is 5. The summed E-state index contributed by atoms with van der Waals surface area (Å²) in [5.74, 6) is -0.544. The van der Waals surface area contributed by atoms with Crippen LogP contribution in [0.25, 0.3) is 0 Å². The number of hydrogen-bond donors (Lipinski definition) is 0. The molecule has 8 heteroatoms. The molecule has 0 aliphatic heterocycles. The largest absolute Gasteiger partial charge is 0.461 e. The van der Waals surface area contributed by atoms with Crippen molar-refractivity contribution >= 4 is 11.7 Å². The first-order valence-electron chi connectivity index (χ1n) is 5.90. The van der Waals surface area contributed by atoms with Crippen LogP contribution in [0.1, 0.15) is 23.0 Å². The SMILES string of the molecule is CCOC(=O)c1cn(Cc2cccc([N+](=O)[O-])c2)nn1. The highest BCUT2D eigenvalue weighted by molar-refractivity contribution is 5.86. The smallest absolute Gasteiger partial charge is 0.360 e. The Balaban J connectivity index is 2.12. The summed E-state index contributed by atoms with van der Waals surface area (Å²) in [6, 6.07) is 6.19. The second kappa shape index (κ2) is 5.91. The van der Waals surface area contributed by atoms with E-state index in [2.05, 4.69) is 10.3 Å². The molecule has 104 valence electrons. The van der Waals surface area contributed by atoms with Crippen LogP contribution in [0.3, 0.4) is 0 Å². The van der Waals surface area contributed by atoms with Crippen molar-refractivity contribution in [2.24, 2.45) is 0 Å². The molecule has 0 bridgehead atoms. The molecule has 2 aromatic rings. The molecule has 1 aromatic carbocycles. The number of non-ortho nitro benzene ring substituents is 1. The van der Waals surface area contributed by atoms with Crippen molar-refractivity contribution < 1.29 is 14.5 Å². The van der Waals surface area contributed by atoms with Crippen LogP contribution >= 0.6 is 0 Å². The first-order valence-corrected chi connectivity index (χ1v) is 5.90. The Hall–Kier alpha value is -2.77. The van der Waals surface area contributed by atoms with Crippen LogP contribution in [-0.2, 0) is 11.3 Å². The van der Waals surface area contributed by atoms with Gasteiger partial charge in [-0.25, -0.2) is 9.48 Å². The molecule has 0 N–H and O–H groups in total. The van der Waals surface area contributed by atoms with E-state index >= 15 is 0 Å². The summed E-state index contributed by atoms with van der Waals surface area (Å²) in [6.45, 7) is 2.25. The Kier molecular flexibility index (Phi) is 4.04. The summed E-state index contributed by atoms with van der Waals surface area (Å²) in [7, 11) is 0. The average molecular weight is 276 g/mol. The monoisotopic (exact) mass is 276 g/mol. The van der Waals surface area contributed by atoms with Crippen LogP contribution in [0.15, 0.2) is 30.5 Å². The molecule has 0 saturated carbocycles. The zero-order valence-electron chi connectivity index (χ0n) is 10.7. The topological polar surface area (TPSA) is 100 Å². The lowest BCUT2D eigenvalue weighted by atomic mass is 10.2. The highest BCUT2D eigenvalue weighted by Crippen LogP contribution is 2.13. The van der Waals surface area contributed by atoms with Crippen LogP contribution in [0.2, 0.25) is 0 Å². The van der Waals surface area contributed by atoms with Crippen molar-refractivity contribution in [3.8, 4) is 0 Å². The molecule has 2 rings (SSSR count). The third-order valence-corrected chi connectivity index (χ3v) is 2.49. The summed E-state index contributed by atoms with van der Waals surface area (Å²) in [5, 5.41) is 18.2. The molecule has 0 atom stereocenters. The van der Waals surface area contributed by atoms with Crippen LogP contribution < -0.4 is 0 Å². The Morgan fingerprint density at radius 1 is 1.50 bits per heavy atom. The number of nitro groups is 1. The summed E-state index contributed by atoms with van der Waals surface area (Å²) in [6.07, 6.45) is 1.44. The van der Waals surface area contributed by atoms with Crippen molar-refractivity contribution in [2.45, 2.75) is 13.5 Å². The Morgan fingerprint density at radius 3 is 3.00 bits per heavy atom. The maximum absolute atomic E-state index is 11.4. The maximum atomic E-state index is 11.4. The van der Waals surface area contributed by atoms with Gasteiger partial charge in [0.1, 0.15) is 0 Å². The van der Waals surface area contributed by atoms with Gasteiger partial charge < -0.3 is 4.74 Å². The molecule has 8 nitrogen and oxygen atoms in total. The fourth-order valence-electron chi connectivity index (χ4n) is 1.63. The standard InChI is InChI=1S/C12H12N4O4/c1-2-20-12(17)11-8-15(14-13-11)7-9-4-3-5-10(6-9)16(18)19/h3-6,8H,2,7H2,1H3. The fraction of sp³-hybridized carbons (Fsp3) is 0.250. The quantitative estimate of drug-likeness (QED) is 0.465. The van der Waals surface area contributed by atoms with Gasteiger partial charge in [-0.3, -0.25) is 10.1 Å². The maximum Gasteiger partial charge on any atom is 0.360 e. The Morgan fingerprint density at radius 2 is 2.30 bits per heavy atom. The van der Waals surface area contributed by atoms with Gasteiger partial charge in [-0.15, -0.1) is 5.10 Å². The van der Waals surface area contributed by atoms with Crippen molar-refractivity contribution in [1.82, 2.24) is 15.0 Å². The van der Waals surface area contributed by atoms with Gasteiger partial charge in [0.05, 0.1) is 24.3 Å². The molecule has 1 heterocycles. The Bertz CT molecular complexity index is 638. The summed E-state index contributed by atoms with van der Waals surface area (Å²) in [4.78, 5) is 21.6. The lowest BCUT2D eigenvalue weighted by molar-refractivity contribution is -0.384. The van der Waals surface area contributed by atoms with Crippen LogP contribution in [0, 0.1) is 10.1 Å². The highest BCUT2D eigenvalue weighted by atomic mass is 16.6. The molecule has 0 unspecified atom stereocenters. The fourth-order valence-corrected chi connectivity index (χ4v) is 1.63. The lowest BCUT2D eigenvalue weighted by Gasteiger charge is -2.00. The highest BCUT2D eigenvalue weighted by Gasteiger charge is 2.12.